The van der Waals surface area contributed by atoms with Crippen LogP contribution in [0.1, 0.15) is 53.2 Å². The van der Waals surface area contributed by atoms with Gasteiger partial charge in [-0.1, -0.05) is 56.3 Å². The number of carbonyl (C=O) groups is 1. The van der Waals surface area contributed by atoms with Crippen molar-refractivity contribution in [3.05, 3.63) is 95.1 Å². The first-order valence-electron chi connectivity index (χ1n) is 10.8. The molecule has 4 rings (SSSR count). The van der Waals surface area contributed by atoms with Gasteiger partial charge >= 0.3 is 0 Å². The molecule has 4 aromatic rings. The van der Waals surface area contributed by atoms with E-state index in [9.17, 15) is 4.79 Å². The summed E-state index contributed by atoms with van der Waals surface area (Å²) in [5.41, 5.74) is 7.79. The fourth-order valence-corrected chi connectivity index (χ4v) is 3.74. The van der Waals surface area contributed by atoms with Crippen molar-refractivity contribution in [2.24, 2.45) is 0 Å². The highest BCUT2D eigenvalue weighted by Crippen LogP contribution is 2.27. The number of pyridine rings is 1. The van der Waals surface area contributed by atoms with Crippen LogP contribution in [0.2, 0.25) is 0 Å². The Labute approximate surface area is 184 Å². The van der Waals surface area contributed by atoms with Gasteiger partial charge in [-0.3, -0.25) is 4.79 Å². The van der Waals surface area contributed by atoms with Gasteiger partial charge in [0.15, 0.2) is 0 Å². The Kier molecular flexibility index (Phi) is 5.85. The van der Waals surface area contributed by atoms with E-state index < -0.39 is 0 Å². The van der Waals surface area contributed by atoms with Crippen molar-refractivity contribution in [1.82, 2.24) is 4.98 Å². The largest absolute Gasteiger partial charge is 0.322 e. The summed E-state index contributed by atoms with van der Waals surface area (Å²) in [7, 11) is 0. The van der Waals surface area contributed by atoms with Crippen LogP contribution in [0.25, 0.3) is 22.2 Å². The van der Waals surface area contributed by atoms with E-state index in [0.717, 1.165) is 34.3 Å². The van der Waals surface area contributed by atoms with Crippen molar-refractivity contribution in [3.63, 3.8) is 0 Å². The van der Waals surface area contributed by atoms with Gasteiger partial charge in [0.25, 0.3) is 5.91 Å². The first kappa shape index (κ1) is 20.8. The number of benzene rings is 3. The third kappa shape index (κ3) is 4.36. The van der Waals surface area contributed by atoms with Gasteiger partial charge < -0.3 is 5.32 Å². The molecule has 156 valence electrons. The van der Waals surface area contributed by atoms with E-state index in [2.05, 4.69) is 63.3 Å². The molecule has 0 fully saturated rings. The zero-order valence-corrected chi connectivity index (χ0v) is 18.6. The number of anilines is 1. The third-order valence-corrected chi connectivity index (χ3v) is 6.11. The summed E-state index contributed by atoms with van der Waals surface area (Å²) in [5.74, 6) is 0.384. The topological polar surface area (TPSA) is 42.0 Å². The minimum Gasteiger partial charge on any atom is -0.322 e. The molecule has 1 N–H and O–H groups in total. The second kappa shape index (κ2) is 8.73. The molecule has 0 saturated carbocycles. The van der Waals surface area contributed by atoms with Crippen LogP contribution in [0.15, 0.2) is 72.8 Å². The summed E-state index contributed by atoms with van der Waals surface area (Å²) in [6.45, 7) is 8.59. The highest BCUT2D eigenvalue weighted by Gasteiger charge is 2.15. The van der Waals surface area contributed by atoms with Crippen LogP contribution in [-0.2, 0) is 0 Å². The lowest BCUT2D eigenvalue weighted by atomic mass is 9.98. The molecule has 1 aromatic heterocycles. The molecule has 0 aliphatic heterocycles. The van der Waals surface area contributed by atoms with Crippen LogP contribution in [0.5, 0.6) is 0 Å². The highest BCUT2D eigenvalue weighted by molar-refractivity contribution is 6.13. The minimum atomic E-state index is -0.125. The number of para-hydroxylation sites is 1. The van der Waals surface area contributed by atoms with E-state index >= 15 is 0 Å². The number of carbonyl (C=O) groups excluding carboxylic acids is 1. The Hall–Kier alpha value is -3.46. The first-order valence-corrected chi connectivity index (χ1v) is 10.8. The maximum Gasteiger partial charge on any atom is 0.256 e. The number of amides is 1. The van der Waals surface area contributed by atoms with Crippen molar-refractivity contribution in [2.45, 2.75) is 40.0 Å². The Morgan fingerprint density at radius 1 is 0.935 bits per heavy atom. The molecule has 31 heavy (non-hydrogen) atoms. The molecule has 3 aromatic carbocycles. The molecule has 3 nitrogen and oxygen atoms in total. The summed E-state index contributed by atoms with van der Waals surface area (Å²) in [6.07, 6.45) is 1.09. The van der Waals surface area contributed by atoms with Gasteiger partial charge in [-0.15, -0.1) is 0 Å². The molecule has 0 bridgehead atoms. The molecule has 1 amide bonds. The summed E-state index contributed by atoms with van der Waals surface area (Å²) in [6, 6.07) is 24.1. The van der Waals surface area contributed by atoms with Crippen LogP contribution in [0.4, 0.5) is 5.69 Å². The van der Waals surface area contributed by atoms with Crippen LogP contribution in [-0.4, -0.2) is 10.9 Å². The van der Waals surface area contributed by atoms with Gasteiger partial charge in [-0.2, -0.15) is 0 Å². The molecule has 1 atom stereocenters. The zero-order chi connectivity index (χ0) is 22.0. The van der Waals surface area contributed by atoms with Crippen molar-refractivity contribution in [3.8, 4) is 11.3 Å². The van der Waals surface area contributed by atoms with Gasteiger partial charge in [-0.05, 0) is 73.2 Å². The summed E-state index contributed by atoms with van der Waals surface area (Å²) < 4.78 is 0. The van der Waals surface area contributed by atoms with E-state index in [0.29, 0.717) is 11.5 Å². The zero-order valence-electron chi connectivity index (χ0n) is 18.6. The molecule has 1 unspecified atom stereocenters. The molecule has 0 aliphatic rings. The normalized spacial score (nSPS) is 12.0. The second-order valence-corrected chi connectivity index (χ2v) is 8.26. The lowest BCUT2D eigenvalue weighted by molar-refractivity contribution is 0.102. The number of hydrogen-bond donors (Lipinski definition) is 1. The minimum absolute atomic E-state index is 0.125. The van der Waals surface area contributed by atoms with E-state index in [1.807, 2.05) is 42.5 Å². The standard InChI is InChI=1S/C28H28N2O/c1-5-18(2)21-12-14-23(15-13-21)29-28(31)25-17-27(22-11-10-19(3)20(4)16-22)30-26-9-7-6-8-24(25)26/h6-18H,5H2,1-4H3,(H,29,31). The molecule has 1 heterocycles. The van der Waals surface area contributed by atoms with E-state index in [1.54, 1.807) is 0 Å². The number of hydrogen-bond acceptors (Lipinski definition) is 2. The monoisotopic (exact) mass is 408 g/mol. The predicted molar refractivity (Wildman–Crippen MR) is 130 cm³/mol. The Morgan fingerprint density at radius 3 is 2.39 bits per heavy atom. The fourth-order valence-electron chi connectivity index (χ4n) is 3.74. The van der Waals surface area contributed by atoms with Crippen LogP contribution < -0.4 is 5.32 Å². The predicted octanol–water partition coefficient (Wildman–Crippen LogP) is 7.28. The number of rotatable bonds is 5. The maximum absolute atomic E-state index is 13.3. The molecule has 3 heteroatoms. The molecule has 0 aliphatic carbocycles. The number of aryl methyl sites for hydroxylation is 2. The number of fused-ring (bicyclic) bond motifs is 1. The number of nitrogens with one attached hydrogen (secondary N) is 1. The third-order valence-electron chi connectivity index (χ3n) is 6.11. The number of nitrogens with zero attached hydrogens (tertiary/aromatic N) is 1. The van der Waals surface area contributed by atoms with Crippen LogP contribution in [0.3, 0.4) is 0 Å². The lowest BCUT2D eigenvalue weighted by Gasteiger charge is -2.13. The summed E-state index contributed by atoms with van der Waals surface area (Å²) >= 11 is 0. The quantitative estimate of drug-likeness (QED) is 0.377. The Bertz CT molecular complexity index is 1240. The average Bonchev–Trinajstić information content (AvgIpc) is 2.80. The Morgan fingerprint density at radius 2 is 1.68 bits per heavy atom. The van der Waals surface area contributed by atoms with Crippen LogP contribution in [0, 0.1) is 13.8 Å². The van der Waals surface area contributed by atoms with E-state index in [-0.39, 0.29) is 5.91 Å². The molecule has 0 spiro atoms. The van der Waals surface area contributed by atoms with Gasteiger partial charge in [0, 0.05) is 16.6 Å². The smallest absolute Gasteiger partial charge is 0.256 e. The van der Waals surface area contributed by atoms with Crippen molar-refractivity contribution < 1.29 is 4.79 Å². The van der Waals surface area contributed by atoms with Gasteiger partial charge in [0.2, 0.25) is 0 Å². The maximum atomic E-state index is 13.3. The SMILES string of the molecule is CCC(C)c1ccc(NC(=O)c2cc(-c3ccc(C)c(C)c3)nc3ccccc23)cc1. The highest BCUT2D eigenvalue weighted by atomic mass is 16.1. The van der Waals surface area contributed by atoms with Gasteiger partial charge in [0.05, 0.1) is 16.8 Å². The average molecular weight is 409 g/mol. The van der Waals surface area contributed by atoms with E-state index in [1.165, 1.54) is 16.7 Å². The van der Waals surface area contributed by atoms with Gasteiger partial charge in [0.1, 0.15) is 0 Å². The van der Waals surface area contributed by atoms with Crippen molar-refractivity contribution in [2.75, 3.05) is 5.32 Å². The summed E-state index contributed by atoms with van der Waals surface area (Å²) in [5, 5.41) is 3.92. The van der Waals surface area contributed by atoms with Gasteiger partial charge in [-0.25, -0.2) is 4.98 Å². The fraction of sp³-hybridized carbons (Fsp3) is 0.214. The van der Waals surface area contributed by atoms with Crippen molar-refractivity contribution >= 4 is 22.5 Å². The molecule has 0 radical (unpaired) electrons. The Balaban J connectivity index is 1.72. The molecular formula is C28H28N2O. The molecule has 0 saturated heterocycles. The first-order chi connectivity index (χ1) is 15.0. The second-order valence-electron chi connectivity index (χ2n) is 8.26. The number of aromatic nitrogens is 1. The van der Waals surface area contributed by atoms with Crippen LogP contribution >= 0.6 is 0 Å². The lowest BCUT2D eigenvalue weighted by Crippen LogP contribution is -2.13. The molecular weight excluding hydrogens is 380 g/mol. The van der Waals surface area contributed by atoms with E-state index in [4.69, 9.17) is 4.98 Å². The summed E-state index contributed by atoms with van der Waals surface area (Å²) in [4.78, 5) is 18.1. The van der Waals surface area contributed by atoms with Crippen molar-refractivity contribution in [1.29, 1.82) is 0 Å².